The third-order valence-corrected chi connectivity index (χ3v) is 4.65. The average molecular weight is 388 g/mol. The van der Waals surface area contributed by atoms with Crippen molar-refractivity contribution in [2.24, 2.45) is 0 Å². The molecule has 0 radical (unpaired) electrons. The molecular formula is C19H22ClN5O2. The first-order chi connectivity index (χ1) is 12.7. The van der Waals surface area contributed by atoms with Gasteiger partial charge >= 0.3 is 0 Å². The third-order valence-electron chi connectivity index (χ3n) is 4.43. The molecule has 0 unspecified atom stereocenters. The van der Waals surface area contributed by atoms with Gasteiger partial charge in [0.25, 0.3) is 0 Å². The van der Waals surface area contributed by atoms with E-state index in [9.17, 15) is 4.79 Å². The van der Waals surface area contributed by atoms with Crippen LogP contribution in [0.25, 0.3) is 11.4 Å². The molecule has 1 aliphatic rings. The van der Waals surface area contributed by atoms with Gasteiger partial charge in [-0.1, -0.05) is 18.2 Å². The number of halogens is 1. The topological polar surface area (TPSA) is 107 Å². The highest BCUT2D eigenvalue weighted by Gasteiger charge is 2.36. The van der Waals surface area contributed by atoms with Gasteiger partial charge in [-0.25, -0.2) is 9.97 Å². The Morgan fingerprint density at radius 1 is 1.41 bits per heavy atom. The van der Waals surface area contributed by atoms with Crippen LogP contribution < -0.4 is 11.5 Å². The number of aromatic nitrogens is 2. The molecule has 2 aromatic rings. The largest absolute Gasteiger partial charge is 0.394 e. The van der Waals surface area contributed by atoms with E-state index < -0.39 is 5.60 Å². The van der Waals surface area contributed by atoms with Crippen molar-refractivity contribution in [3.8, 4) is 11.4 Å². The second-order valence-electron chi connectivity index (χ2n) is 7.06. The lowest BCUT2D eigenvalue weighted by molar-refractivity contribution is -0.151. The van der Waals surface area contributed by atoms with Crippen LogP contribution in [0.15, 0.2) is 37.1 Å². The molecule has 142 valence electrons. The average Bonchev–Trinajstić information content (AvgIpc) is 2.62. The second kappa shape index (κ2) is 7.17. The highest BCUT2D eigenvalue weighted by Crippen LogP contribution is 2.34. The summed E-state index contributed by atoms with van der Waals surface area (Å²) >= 11 is 6.33. The van der Waals surface area contributed by atoms with Crippen molar-refractivity contribution in [3.63, 3.8) is 0 Å². The van der Waals surface area contributed by atoms with Gasteiger partial charge in [0.05, 0.1) is 36.7 Å². The Bertz CT molecular complexity index is 900. The van der Waals surface area contributed by atoms with Crippen molar-refractivity contribution in [1.82, 2.24) is 14.9 Å². The van der Waals surface area contributed by atoms with Crippen molar-refractivity contribution in [2.75, 3.05) is 24.6 Å². The third kappa shape index (κ3) is 4.04. The molecule has 2 heterocycles. The van der Waals surface area contributed by atoms with Gasteiger partial charge in [-0.2, -0.15) is 0 Å². The minimum Gasteiger partial charge on any atom is -0.394 e. The number of morpholine rings is 1. The Kier molecular flexibility index (Phi) is 5.08. The molecule has 1 saturated heterocycles. The van der Waals surface area contributed by atoms with Gasteiger partial charge in [0.1, 0.15) is 0 Å². The van der Waals surface area contributed by atoms with Gasteiger partial charge in [-0.05, 0) is 43.7 Å². The molecule has 0 saturated carbocycles. The number of hydrogen-bond donors (Lipinski definition) is 2. The predicted molar refractivity (Wildman–Crippen MR) is 106 cm³/mol. The van der Waals surface area contributed by atoms with Gasteiger partial charge in [0, 0.05) is 10.6 Å². The number of nitrogens with two attached hydrogens (primary N) is 2. The molecular weight excluding hydrogens is 366 g/mol. The van der Waals surface area contributed by atoms with Gasteiger partial charge < -0.3 is 21.1 Å². The first kappa shape index (κ1) is 19.1. The van der Waals surface area contributed by atoms with Crippen LogP contribution in [0.1, 0.15) is 25.5 Å². The number of amides is 1. The van der Waals surface area contributed by atoms with Crippen molar-refractivity contribution >= 4 is 29.0 Å². The molecule has 1 fully saturated rings. The zero-order chi connectivity index (χ0) is 19.8. The Hall–Kier alpha value is -2.64. The number of rotatable bonds is 3. The molecule has 1 amide bonds. The first-order valence-electron chi connectivity index (χ1n) is 8.46. The maximum absolute atomic E-state index is 12.4. The number of carbonyl (C=O) groups excluding carboxylic acids is 1. The van der Waals surface area contributed by atoms with Crippen LogP contribution in [0.2, 0.25) is 5.02 Å². The van der Waals surface area contributed by atoms with Crippen molar-refractivity contribution in [1.29, 1.82) is 0 Å². The number of anilines is 2. The van der Waals surface area contributed by atoms with E-state index in [0.717, 1.165) is 5.56 Å². The highest BCUT2D eigenvalue weighted by atomic mass is 35.5. The molecule has 0 spiro atoms. The van der Waals surface area contributed by atoms with Crippen LogP contribution in [0.3, 0.4) is 0 Å². The summed E-state index contributed by atoms with van der Waals surface area (Å²) < 4.78 is 5.94. The van der Waals surface area contributed by atoms with Gasteiger partial charge in [0.2, 0.25) is 5.91 Å². The second-order valence-corrected chi connectivity index (χ2v) is 7.50. The molecule has 1 aromatic carbocycles. The normalized spacial score (nSPS) is 18.9. The van der Waals surface area contributed by atoms with E-state index in [-0.39, 0.29) is 17.8 Å². The molecule has 3 rings (SSSR count). The summed E-state index contributed by atoms with van der Waals surface area (Å²) in [5, 5.41) is 0.498. The molecule has 1 aliphatic heterocycles. The van der Waals surface area contributed by atoms with Gasteiger partial charge in [-0.15, -0.1) is 0 Å². The van der Waals surface area contributed by atoms with E-state index in [2.05, 4.69) is 16.5 Å². The zero-order valence-electron chi connectivity index (χ0n) is 15.3. The van der Waals surface area contributed by atoms with E-state index in [1.807, 2.05) is 19.9 Å². The summed E-state index contributed by atoms with van der Waals surface area (Å²) in [5.41, 5.74) is 12.9. The summed E-state index contributed by atoms with van der Waals surface area (Å²) in [6.45, 7) is 8.28. The molecule has 27 heavy (non-hydrogen) atoms. The summed E-state index contributed by atoms with van der Waals surface area (Å²) in [6, 6.07) is 5.13. The summed E-state index contributed by atoms with van der Waals surface area (Å²) in [5.74, 6) is 0.447. The number of carbonyl (C=O) groups is 1. The molecule has 1 aromatic heterocycles. The lowest BCUT2D eigenvalue weighted by atomic mass is 9.97. The molecule has 8 heteroatoms. The fraction of sp³-hybridized carbons (Fsp3) is 0.316. The Morgan fingerprint density at radius 3 is 2.81 bits per heavy atom. The first-order valence-corrected chi connectivity index (χ1v) is 8.84. The molecule has 1 atom stereocenters. The fourth-order valence-electron chi connectivity index (χ4n) is 3.06. The van der Waals surface area contributed by atoms with Crippen LogP contribution >= 0.6 is 11.6 Å². The zero-order valence-corrected chi connectivity index (χ0v) is 16.0. The standard InChI is InChI=1S/C19H22ClN5O2/c1-4-16(26)25-10-19(2,3)27-9-15(25)11-5-12(7-13(20)6-11)18-23-8-14(21)17(22)24-18/h4-8,15H,1,9-10,21H2,2-3H3,(H2,22,23,24)/t15-/m0/s1. The number of benzene rings is 1. The quantitative estimate of drug-likeness (QED) is 0.784. The Balaban J connectivity index is 2.03. The van der Waals surface area contributed by atoms with E-state index in [4.69, 9.17) is 27.8 Å². The predicted octanol–water partition coefficient (Wildman–Crippen LogP) is 2.83. The maximum atomic E-state index is 12.4. The fourth-order valence-corrected chi connectivity index (χ4v) is 3.31. The minimum absolute atomic E-state index is 0.161. The van der Waals surface area contributed by atoms with Crippen LogP contribution in [-0.4, -0.2) is 39.5 Å². The lowest BCUT2D eigenvalue weighted by Gasteiger charge is -2.43. The van der Waals surface area contributed by atoms with E-state index in [0.29, 0.717) is 35.2 Å². The maximum Gasteiger partial charge on any atom is 0.246 e. The SMILES string of the molecule is C=CC(=O)N1CC(C)(C)OC[C@H]1c1cc(Cl)cc(-c2ncc(N)c(N)n2)c1. The van der Waals surface area contributed by atoms with E-state index >= 15 is 0 Å². The van der Waals surface area contributed by atoms with Crippen LogP contribution in [0.4, 0.5) is 11.5 Å². The van der Waals surface area contributed by atoms with E-state index in [1.165, 1.54) is 12.3 Å². The lowest BCUT2D eigenvalue weighted by Crippen LogP contribution is -2.51. The molecule has 7 nitrogen and oxygen atoms in total. The van der Waals surface area contributed by atoms with Crippen molar-refractivity contribution in [3.05, 3.63) is 47.6 Å². The number of hydrogen-bond acceptors (Lipinski definition) is 6. The number of ether oxygens (including phenoxy) is 1. The monoisotopic (exact) mass is 387 g/mol. The van der Waals surface area contributed by atoms with Crippen molar-refractivity contribution in [2.45, 2.75) is 25.5 Å². The van der Waals surface area contributed by atoms with Crippen LogP contribution in [0, 0.1) is 0 Å². The number of nitrogen functional groups attached to an aromatic ring is 2. The minimum atomic E-state index is -0.439. The Morgan fingerprint density at radius 2 is 2.15 bits per heavy atom. The molecule has 0 bridgehead atoms. The molecule has 0 aliphatic carbocycles. The number of nitrogens with zero attached hydrogens (tertiary/aromatic N) is 3. The Labute approximate surface area is 163 Å². The summed E-state index contributed by atoms with van der Waals surface area (Å²) in [6.07, 6.45) is 2.77. The smallest absolute Gasteiger partial charge is 0.246 e. The highest BCUT2D eigenvalue weighted by molar-refractivity contribution is 6.31. The van der Waals surface area contributed by atoms with Crippen molar-refractivity contribution < 1.29 is 9.53 Å². The molecule has 4 N–H and O–H groups in total. The summed E-state index contributed by atoms with van der Waals surface area (Å²) in [7, 11) is 0. The van der Waals surface area contributed by atoms with Crippen LogP contribution in [-0.2, 0) is 9.53 Å². The summed E-state index contributed by atoms with van der Waals surface area (Å²) in [4.78, 5) is 22.6. The van der Waals surface area contributed by atoms with E-state index in [1.54, 1.807) is 17.0 Å². The van der Waals surface area contributed by atoms with Gasteiger partial charge in [0.15, 0.2) is 11.6 Å². The van der Waals surface area contributed by atoms with Crippen LogP contribution in [0.5, 0.6) is 0 Å². The van der Waals surface area contributed by atoms with Gasteiger partial charge in [-0.3, -0.25) is 4.79 Å².